The summed E-state index contributed by atoms with van der Waals surface area (Å²) in [5.74, 6) is 0.894. The van der Waals surface area contributed by atoms with Gasteiger partial charge in [-0.25, -0.2) is 9.97 Å². The van der Waals surface area contributed by atoms with Crippen molar-refractivity contribution in [2.45, 2.75) is 18.9 Å². The molecular weight excluding hydrogens is 288 g/mol. The number of rotatable bonds is 4. The quantitative estimate of drug-likeness (QED) is 0.804. The molecule has 118 valence electrons. The summed E-state index contributed by atoms with van der Waals surface area (Å²) in [6.45, 7) is 1.71. The molecule has 5 heteroatoms. The second-order valence-electron chi connectivity index (χ2n) is 6.01. The van der Waals surface area contributed by atoms with E-state index in [-0.39, 0.29) is 0 Å². The molecule has 2 aromatic heterocycles. The van der Waals surface area contributed by atoms with Crippen molar-refractivity contribution in [1.29, 1.82) is 0 Å². The predicted molar refractivity (Wildman–Crippen MR) is 91.4 cm³/mol. The van der Waals surface area contributed by atoms with E-state index in [4.69, 9.17) is 4.74 Å². The summed E-state index contributed by atoms with van der Waals surface area (Å²) in [7, 11) is 2.01. The highest BCUT2D eigenvalue weighted by Gasteiger charge is 2.14. The minimum Gasteiger partial charge on any atom is -0.376 e. The van der Waals surface area contributed by atoms with Gasteiger partial charge in [0.15, 0.2) is 0 Å². The van der Waals surface area contributed by atoms with Crippen molar-refractivity contribution >= 4 is 16.9 Å². The van der Waals surface area contributed by atoms with Crippen molar-refractivity contribution in [1.82, 2.24) is 14.5 Å². The molecule has 1 aliphatic rings. The summed E-state index contributed by atoms with van der Waals surface area (Å²) in [6.07, 6.45) is 6.37. The Kier molecular flexibility index (Phi) is 3.71. The van der Waals surface area contributed by atoms with Gasteiger partial charge in [0.25, 0.3) is 0 Å². The number of pyridine rings is 1. The number of ether oxygens (including phenoxy) is 1. The van der Waals surface area contributed by atoms with Crippen molar-refractivity contribution in [3.8, 4) is 11.1 Å². The number of fused-ring (bicyclic) bond motifs is 1. The Morgan fingerprint density at radius 2 is 2.13 bits per heavy atom. The third kappa shape index (κ3) is 2.92. The lowest BCUT2D eigenvalue weighted by atomic mass is 10.1. The first kappa shape index (κ1) is 14.2. The first-order valence-corrected chi connectivity index (χ1v) is 8.02. The number of nitrogens with zero attached hydrogens (tertiary/aromatic N) is 3. The molecule has 1 fully saturated rings. The number of nitrogens with one attached hydrogen (secondary N) is 1. The maximum absolute atomic E-state index is 5.61. The molecule has 23 heavy (non-hydrogen) atoms. The van der Waals surface area contributed by atoms with Crippen LogP contribution in [0.15, 0.2) is 42.9 Å². The van der Waals surface area contributed by atoms with Gasteiger partial charge in [-0.05, 0) is 42.7 Å². The van der Waals surface area contributed by atoms with E-state index in [1.165, 1.54) is 0 Å². The van der Waals surface area contributed by atoms with Crippen LogP contribution in [0.2, 0.25) is 0 Å². The van der Waals surface area contributed by atoms with Crippen molar-refractivity contribution in [3.63, 3.8) is 0 Å². The maximum Gasteiger partial charge on any atom is 0.126 e. The second-order valence-corrected chi connectivity index (χ2v) is 6.01. The molecule has 0 bridgehead atoms. The number of hydrogen-bond donors (Lipinski definition) is 1. The van der Waals surface area contributed by atoms with Gasteiger partial charge >= 0.3 is 0 Å². The molecule has 0 aliphatic carbocycles. The fourth-order valence-electron chi connectivity index (χ4n) is 3.00. The molecule has 1 saturated heterocycles. The minimum absolute atomic E-state index is 0.323. The van der Waals surface area contributed by atoms with Crippen LogP contribution in [0.1, 0.15) is 12.8 Å². The van der Waals surface area contributed by atoms with Gasteiger partial charge in [-0.15, -0.1) is 0 Å². The first-order valence-electron chi connectivity index (χ1n) is 8.02. The summed E-state index contributed by atoms with van der Waals surface area (Å²) in [6, 6.07) is 10.4. The van der Waals surface area contributed by atoms with Gasteiger partial charge < -0.3 is 14.6 Å². The van der Waals surface area contributed by atoms with Crippen molar-refractivity contribution in [3.05, 3.63) is 42.9 Å². The van der Waals surface area contributed by atoms with Crippen LogP contribution in [-0.4, -0.2) is 33.8 Å². The molecule has 1 aromatic carbocycles. The van der Waals surface area contributed by atoms with Gasteiger partial charge in [-0.1, -0.05) is 6.07 Å². The van der Waals surface area contributed by atoms with Crippen LogP contribution in [0, 0.1) is 0 Å². The van der Waals surface area contributed by atoms with Gasteiger partial charge in [-0.3, -0.25) is 0 Å². The number of imidazole rings is 1. The molecule has 0 spiro atoms. The maximum atomic E-state index is 5.61. The smallest absolute Gasteiger partial charge is 0.126 e. The van der Waals surface area contributed by atoms with Crippen LogP contribution in [0.3, 0.4) is 0 Å². The molecule has 3 aromatic rings. The Hall–Kier alpha value is -2.40. The zero-order valence-electron chi connectivity index (χ0n) is 13.2. The van der Waals surface area contributed by atoms with E-state index in [0.717, 1.165) is 54.0 Å². The third-order valence-electron chi connectivity index (χ3n) is 4.36. The van der Waals surface area contributed by atoms with Gasteiger partial charge in [0.05, 0.1) is 23.5 Å². The fourth-order valence-corrected chi connectivity index (χ4v) is 3.00. The van der Waals surface area contributed by atoms with Crippen LogP contribution >= 0.6 is 0 Å². The highest BCUT2D eigenvalue weighted by atomic mass is 16.5. The molecule has 5 nitrogen and oxygen atoms in total. The largest absolute Gasteiger partial charge is 0.376 e. The summed E-state index contributed by atoms with van der Waals surface area (Å²) < 4.78 is 7.65. The Bertz CT molecular complexity index is 804. The van der Waals surface area contributed by atoms with Crippen LogP contribution in [0.5, 0.6) is 0 Å². The van der Waals surface area contributed by atoms with Gasteiger partial charge in [0.2, 0.25) is 0 Å². The topological polar surface area (TPSA) is 52.0 Å². The Morgan fingerprint density at radius 3 is 2.91 bits per heavy atom. The van der Waals surface area contributed by atoms with E-state index in [1.807, 2.05) is 36.3 Å². The highest BCUT2D eigenvalue weighted by molar-refractivity contribution is 5.82. The van der Waals surface area contributed by atoms with Gasteiger partial charge in [0.1, 0.15) is 5.82 Å². The lowest BCUT2D eigenvalue weighted by Gasteiger charge is -2.11. The number of hydrogen-bond acceptors (Lipinski definition) is 4. The van der Waals surface area contributed by atoms with Gasteiger partial charge in [0, 0.05) is 32.0 Å². The monoisotopic (exact) mass is 308 g/mol. The fraction of sp³-hybridized carbons (Fsp3) is 0.333. The molecule has 0 amide bonds. The van der Waals surface area contributed by atoms with E-state index in [0.29, 0.717) is 6.10 Å². The predicted octanol–water partition coefficient (Wildman–Crippen LogP) is 3.23. The molecule has 1 aliphatic heterocycles. The molecule has 1 atom stereocenters. The first-order chi connectivity index (χ1) is 11.3. The van der Waals surface area contributed by atoms with E-state index < -0.39 is 0 Å². The standard InChI is InChI=1S/C18H20N4O/c1-22-12-21-16-6-4-13(9-17(16)22)14-5-7-18(19-10-14)20-11-15-3-2-8-23-15/h4-7,9-10,12,15H,2-3,8,11H2,1H3,(H,19,20). The number of anilines is 1. The van der Waals surface area contributed by atoms with Crippen molar-refractivity contribution in [2.75, 3.05) is 18.5 Å². The van der Waals surface area contributed by atoms with E-state index in [1.54, 1.807) is 0 Å². The molecule has 1 unspecified atom stereocenters. The average Bonchev–Trinajstić information content (AvgIpc) is 3.23. The van der Waals surface area contributed by atoms with Crippen LogP contribution in [-0.2, 0) is 11.8 Å². The van der Waals surface area contributed by atoms with Gasteiger partial charge in [-0.2, -0.15) is 0 Å². The third-order valence-corrected chi connectivity index (χ3v) is 4.36. The summed E-state index contributed by atoms with van der Waals surface area (Å²) in [5, 5.41) is 3.35. The van der Waals surface area contributed by atoms with E-state index in [9.17, 15) is 0 Å². The zero-order valence-corrected chi connectivity index (χ0v) is 13.2. The highest BCUT2D eigenvalue weighted by Crippen LogP contribution is 2.24. The molecule has 0 radical (unpaired) electrons. The summed E-state index contributed by atoms with van der Waals surface area (Å²) in [4.78, 5) is 8.87. The lowest BCUT2D eigenvalue weighted by Crippen LogP contribution is -2.18. The number of aromatic nitrogens is 3. The van der Waals surface area contributed by atoms with Crippen molar-refractivity contribution in [2.24, 2.45) is 7.05 Å². The zero-order chi connectivity index (χ0) is 15.6. The van der Waals surface area contributed by atoms with Crippen molar-refractivity contribution < 1.29 is 4.74 Å². The Morgan fingerprint density at radius 1 is 1.22 bits per heavy atom. The molecule has 3 heterocycles. The Labute approximate surface area is 135 Å². The summed E-state index contributed by atoms with van der Waals surface area (Å²) in [5.41, 5.74) is 4.40. The molecule has 1 N–H and O–H groups in total. The summed E-state index contributed by atoms with van der Waals surface area (Å²) >= 11 is 0. The molecule has 4 rings (SSSR count). The molecular formula is C18H20N4O. The van der Waals surface area contributed by atoms with E-state index >= 15 is 0 Å². The van der Waals surface area contributed by atoms with Crippen LogP contribution in [0.4, 0.5) is 5.82 Å². The average molecular weight is 308 g/mol. The van der Waals surface area contributed by atoms with Crippen LogP contribution < -0.4 is 5.32 Å². The normalized spacial score (nSPS) is 17.7. The van der Waals surface area contributed by atoms with Crippen LogP contribution in [0.25, 0.3) is 22.2 Å². The Balaban J connectivity index is 1.50. The van der Waals surface area contributed by atoms with E-state index in [2.05, 4.69) is 33.5 Å². The molecule has 0 saturated carbocycles. The number of benzene rings is 1. The number of aryl methyl sites for hydroxylation is 1. The minimum atomic E-state index is 0.323. The SMILES string of the molecule is Cn1cnc2ccc(-c3ccc(NCC4CCCO4)nc3)cc21. The lowest BCUT2D eigenvalue weighted by molar-refractivity contribution is 0.120. The second kappa shape index (κ2) is 6.01.